The van der Waals surface area contributed by atoms with Crippen molar-refractivity contribution in [3.63, 3.8) is 0 Å². The van der Waals surface area contributed by atoms with Gasteiger partial charge in [-0.2, -0.15) is 0 Å². The molecule has 1 aromatic rings. The van der Waals surface area contributed by atoms with Gasteiger partial charge in [0.15, 0.2) is 0 Å². The average molecular weight is 246 g/mol. The summed E-state index contributed by atoms with van der Waals surface area (Å²) in [6, 6.07) is 3.66. The highest BCUT2D eigenvalue weighted by atomic mass is 35.5. The van der Waals surface area contributed by atoms with Gasteiger partial charge in [-0.1, -0.05) is 17.7 Å². The fourth-order valence-electron chi connectivity index (χ4n) is 1.25. The van der Waals surface area contributed by atoms with Gasteiger partial charge in [-0.3, -0.25) is 10.2 Å². The van der Waals surface area contributed by atoms with Crippen molar-refractivity contribution in [1.29, 1.82) is 0 Å². The lowest BCUT2D eigenvalue weighted by molar-refractivity contribution is -0.122. The lowest BCUT2D eigenvalue weighted by Gasteiger charge is -2.12. The van der Waals surface area contributed by atoms with Gasteiger partial charge in [0, 0.05) is 19.5 Å². The molecule has 0 aliphatic carbocycles. The molecule has 1 amide bonds. The number of rotatable bonds is 4. The molecule has 0 aliphatic heterocycles. The van der Waals surface area contributed by atoms with E-state index in [1.807, 2.05) is 0 Å². The lowest BCUT2D eigenvalue weighted by Crippen LogP contribution is -2.36. The largest absolute Gasteiger partial charge is 0.324 e. The Balaban J connectivity index is 2.69. The minimum absolute atomic E-state index is 0.00183. The molecule has 1 aromatic carbocycles. The van der Waals surface area contributed by atoms with Gasteiger partial charge in [0.25, 0.3) is 0 Å². The van der Waals surface area contributed by atoms with Gasteiger partial charge in [0.1, 0.15) is 5.82 Å². The van der Waals surface area contributed by atoms with Crippen LogP contribution in [0.3, 0.4) is 0 Å². The summed E-state index contributed by atoms with van der Waals surface area (Å²) < 4.78 is 12.9. The number of hydrazine groups is 1. The fourth-order valence-corrected chi connectivity index (χ4v) is 1.44. The zero-order chi connectivity index (χ0) is 12.1. The molecule has 0 spiro atoms. The van der Waals surface area contributed by atoms with E-state index in [-0.39, 0.29) is 17.4 Å². The number of benzene rings is 1. The summed E-state index contributed by atoms with van der Waals surface area (Å²) in [4.78, 5) is 11.2. The van der Waals surface area contributed by atoms with Gasteiger partial charge in [-0.25, -0.2) is 9.82 Å². The van der Waals surface area contributed by atoms with E-state index >= 15 is 0 Å². The maximum absolute atomic E-state index is 12.9. The number of nitrogens with one attached hydrogen (secondary N) is 2. The molecular weight excluding hydrogens is 233 g/mol. The number of nitrogens with two attached hydrogens (primary N) is 1. The second-order valence-corrected chi connectivity index (χ2v) is 3.69. The Kier molecular flexibility index (Phi) is 4.67. The Morgan fingerprint density at radius 3 is 2.88 bits per heavy atom. The van der Waals surface area contributed by atoms with E-state index < -0.39 is 11.9 Å². The summed E-state index contributed by atoms with van der Waals surface area (Å²) in [5.74, 6) is -0.743. The quantitative estimate of drug-likeness (QED) is 0.697. The third-order valence-corrected chi connectivity index (χ3v) is 2.33. The first-order valence-electron chi connectivity index (χ1n) is 4.70. The van der Waals surface area contributed by atoms with Gasteiger partial charge in [0.2, 0.25) is 5.91 Å². The number of amides is 1. The fraction of sp³-hybridized carbons (Fsp3) is 0.300. The van der Waals surface area contributed by atoms with Gasteiger partial charge >= 0.3 is 0 Å². The molecule has 0 aliphatic rings. The van der Waals surface area contributed by atoms with Crippen molar-refractivity contribution < 1.29 is 9.18 Å². The molecule has 6 heteroatoms. The Morgan fingerprint density at radius 2 is 2.31 bits per heavy atom. The summed E-state index contributed by atoms with van der Waals surface area (Å²) in [5, 5.41) is 0.00183. The van der Waals surface area contributed by atoms with Crippen molar-refractivity contribution in [2.75, 3.05) is 7.05 Å². The van der Waals surface area contributed by atoms with E-state index in [1.54, 1.807) is 7.05 Å². The van der Waals surface area contributed by atoms with Gasteiger partial charge < -0.3 is 5.73 Å². The molecular formula is C10H13ClFN3O. The van der Waals surface area contributed by atoms with Gasteiger partial charge in [-0.15, -0.1) is 0 Å². The molecule has 4 nitrogen and oxygen atoms in total. The van der Waals surface area contributed by atoms with Gasteiger partial charge in [-0.05, 0) is 17.7 Å². The van der Waals surface area contributed by atoms with E-state index in [0.717, 1.165) is 0 Å². The Bertz CT molecular complexity index is 386. The average Bonchev–Trinajstić information content (AvgIpc) is 2.22. The van der Waals surface area contributed by atoms with Crippen LogP contribution in [0, 0.1) is 5.82 Å². The third-order valence-electron chi connectivity index (χ3n) is 2.04. The molecule has 1 atom stereocenters. The first-order valence-corrected chi connectivity index (χ1v) is 5.08. The molecule has 1 rings (SSSR count). The SMILES string of the molecule is CNNC(=O)CC(N)c1ccc(F)c(Cl)c1. The van der Waals surface area contributed by atoms with E-state index in [0.29, 0.717) is 5.56 Å². The minimum atomic E-state index is -0.508. The van der Waals surface area contributed by atoms with Crippen LogP contribution in [0.15, 0.2) is 18.2 Å². The highest BCUT2D eigenvalue weighted by Crippen LogP contribution is 2.21. The summed E-state index contributed by atoms with van der Waals surface area (Å²) in [5.41, 5.74) is 11.3. The molecule has 0 radical (unpaired) electrons. The summed E-state index contributed by atoms with van der Waals surface area (Å²) >= 11 is 5.61. The molecule has 0 fully saturated rings. The second-order valence-electron chi connectivity index (χ2n) is 3.28. The monoisotopic (exact) mass is 245 g/mol. The molecule has 16 heavy (non-hydrogen) atoms. The van der Waals surface area contributed by atoms with Crippen LogP contribution in [0.5, 0.6) is 0 Å². The summed E-state index contributed by atoms with van der Waals surface area (Å²) in [6.45, 7) is 0. The molecule has 0 saturated heterocycles. The van der Waals surface area contributed by atoms with Crippen molar-refractivity contribution in [1.82, 2.24) is 10.9 Å². The zero-order valence-corrected chi connectivity index (χ0v) is 9.51. The molecule has 0 aromatic heterocycles. The van der Waals surface area contributed by atoms with Crippen LogP contribution in [-0.2, 0) is 4.79 Å². The first kappa shape index (κ1) is 12.9. The standard InChI is InChI=1S/C10H13ClFN3O/c1-14-15-10(16)5-9(13)6-2-3-8(12)7(11)4-6/h2-4,9,14H,5,13H2,1H3,(H,15,16). The Morgan fingerprint density at radius 1 is 1.62 bits per heavy atom. The Labute approximate surface area is 97.9 Å². The van der Waals surface area contributed by atoms with Crippen LogP contribution in [0.25, 0.3) is 0 Å². The highest BCUT2D eigenvalue weighted by Gasteiger charge is 2.12. The van der Waals surface area contributed by atoms with Crippen molar-refractivity contribution in [3.05, 3.63) is 34.6 Å². The summed E-state index contributed by atoms with van der Waals surface area (Å²) in [7, 11) is 1.58. The van der Waals surface area contributed by atoms with Crippen LogP contribution in [-0.4, -0.2) is 13.0 Å². The van der Waals surface area contributed by atoms with Crippen molar-refractivity contribution >= 4 is 17.5 Å². The molecule has 88 valence electrons. The number of carbonyl (C=O) groups excluding carboxylic acids is 1. The van der Waals surface area contributed by atoms with Crippen LogP contribution < -0.4 is 16.6 Å². The zero-order valence-electron chi connectivity index (χ0n) is 8.76. The van der Waals surface area contributed by atoms with Crippen molar-refractivity contribution in [2.45, 2.75) is 12.5 Å². The number of hydrogen-bond acceptors (Lipinski definition) is 3. The third kappa shape index (κ3) is 3.44. The highest BCUT2D eigenvalue weighted by molar-refractivity contribution is 6.30. The van der Waals surface area contributed by atoms with Crippen LogP contribution in [0.1, 0.15) is 18.0 Å². The van der Waals surface area contributed by atoms with E-state index in [9.17, 15) is 9.18 Å². The van der Waals surface area contributed by atoms with Crippen LogP contribution >= 0.6 is 11.6 Å². The predicted octanol–water partition coefficient (Wildman–Crippen LogP) is 1.12. The van der Waals surface area contributed by atoms with Gasteiger partial charge in [0.05, 0.1) is 5.02 Å². The molecule has 1 unspecified atom stereocenters. The maximum atomic E-state index is 12.9. The normalized spacial score (nSPS) is 12.2. The molecule has 0 bridgehead atoms. The second kappa shape index (κ2) is 5.79. The predicted molar refractivity (Wildman–Crippen MR) is 60.2 cm³/mol. The number of carbonyl (C=O) groups is 1. The topological polar surface area (TPSA) is 67.1 Å². The number of halogens is 2. The molecule has 0 heterocycles. The Hall–Kier alpha value is -1.17. The smallest absolute Gasteiger partial charge is 0.235 e. The van der Waals surface area contributed by atoms with Crippen molar-refractivity contribution in [3.8, 4) is 0 Å². The van der Waals surface area contributed by atoms with E-state index in [2.05, 4.69) is 10.9 Å². The summed E-state index contributed by atoms with van der Waals surface area (Å²) in [6.07, 6.45) is 0.100. The van der Waals surface area contributed by atoms with Crippen LogP contribution in [0.2, 0.25) is 5.02 Å². The lowest BCUT2D eigenvalue weighted by atomic mass is 10.0. The van der Waals surface area contributed by atoms with E-state index in [4.69, 9.17) is 17.3 Å². The maximum Gasteiger partial charge on any atom is 0.235 e. The molecule has 4 N–H and O–H groups in total. The van der Waals surface area contributed by atoms with Crippen LogP contribution in [0.4, 0.5) is 4.39 Å². The number of hydrogen-bond donors (Lipinski definition) is 3. The van der Waals surface area contributed by atoms with Crippen molar-refractivity contribution in [2.24, 2.45) is 5.73 Å². The minimum Gasteiger partial charge on any atom is -0.324 e. The molecule has 0 saturated carbocycles. The first-order chi connectivity index (χ1) is 7.54. The van der Waals surface area contributed by atoms with E-state index in [1.165, 1.54) is 18.2 Å².